The third-order valence-electron chi connectivity index (χ3n) is 5.76. The molecule has 0 amide bonds. The minimum Gasteiger partial charge on any atom is -0.103 e. The molecule has 0 atom stereocenters. The van der Waals surface area contributed by atoms with Crippen molar-refractivity contribution < 1.29 is 0 Å². The predicted molar refractivity (Wildman–Crippen MR) is 119 cm³/mol. The molecule has 0 saturated carbocycles. The maximum atomic E-state index is 4.10. The Bertz CT molecular complexity index is 764. The molecule has 0 heteroatoms. The van der Waals surface area contributed by atoms with E-state index in [9.17, 15) is 0 Å². The van der Waals surface area contributed by atoms with Gasteiger partial charge in [-0.1, -0.05) is 76.2 Å². The first-order chi connectivity index (χ1) is 12.9. The van der Waals surface area contributed by atoms with Crippen LogP contribution < -0.4 is 0 Å². The minimum atomic E-state index is -0.0197. The summed E-state index contributed by atoms with van der Waals surface area (Å²) in [5.41, 5.74) is 8.60. The Labute approximate surface area is 166 Å². The first kappa shape index (κ1) is 19.7. The minimum absolute atomic E-state index is 0.0197. The molecule has 0 heterocycles. The molecule has 142 valence electrons. The Morgan fingerprint density at radius 1 is 0.741 bits per heavy atom. The zero-order valence-corrected chi connectivity index (χ0v) is 17.5. The quantitative estimate of drug-likeness (QED) is 0.428. The highest BCUT2D eigenvalue weighted by molar-refractivity contribution is 5.82. The molecule has 27 heavy (non-hydrogen) atoms. The second-order valence-electron chi connectivity index (χ2n) is 9.02. The van der Waals surface area contributed by atoms with E-state index >= 15 is 0 Å². The van der Waals surface area contributed by atoms with Crippen LogP contribution in [0.3, 0.4) is 0 Å². The van der Waals surface area contributed by atoms with Gasteiger partial charge in [-0.05, 0) is 70.9 Å². The molecule has 1 aliphatic carbocycles. The lowest BCUT2D eigenvalue weighted by Crippen LogP contribution is -2.24. The summed E-state index contributed by atoms with van der Waals surface area (Å²) >= 11 is 0. The third-order valence-corrected chi connectivity index (χ3v) is 5.76. The number of hydrogen-bond acceptors (Lipinski definition) is 0. The SMILES string of the molecule is C=CCC1(CC=C)c2cc(CC(C)C)ccc2-c2ccc(CC(C)C)cc21. The zero-order chi connectivity index (χ0) is 19.6. The average molecular weight is 359 g/mol. The molecular formula is C27H34. The summed E-state index contributed by atoms with van der Waals surface area (Å²) in [6.07, 6.45) is 8.34. The number of hydrogen-bond donors (Lipinski definition) is 0. The van der Waals surface area contributed by atoms with Gasteiger partial charge in [-0.3, -0.25) is 0 Å². The lowest BCUT2D eigenvalue weighted by atomic mass is 9.72. The molecule has 0 bridgehead atoms. The molecule has 0 aromatic heterocycles. The van der Waals surface area contributed by atoms with Crippen molar-refractivity contribution in [3.63, 3.8) is 0 Å². The molecule has 0 aliphatic heterocycles. The zero-order valence-electron chi connectivity index (χ0n) is 17.5. The Kier molecular flexibility index (Phi) is 5.75. The van der Waals surface area contributed by atoms with Crippen molar-refractivity contribution in [3.05, 3.63) is 84.0 Å². The van der Waals surface area contributed by atoms with Gasteiger partial charge in [0.1, 0.15) is 0 Å². The lowest BCUT2D eigenvalue weighted by Gasteiger charge is -2.31. The summed E-state index contributed by atoms with van der Waals surface area (Å²) in [5, 5.41) is 0. The van der Waals surface area contributed by atoms with Crippen molar-refractivity contribution in [2.75, 3.05) is 0 Å². The summed E-state index contributed by atoms with van der Waals surface area (Å²) in [5.74, 6) is 1.33. The Morgan fingerprint density at radius 2 is 1.15 bits per heavy atom. The van der Waals surface area contributed by atoms with E-state index in [0.29, 0.717) is 11.8 Å². The predicted octanol–water partition coefficient (Wildman–Crippen LogP) is 7.50. The Hall–Kier alpha value is -2.08. The summed E-state index contributed by atoms with van der Waals surface area (Å²) < 4.78 is 0. The van der Waals surface area contributed by atoms with Gasteiger partial charge in [-0.2, -0.15) is 0 Å². The van der Waals surface area contributed by atoms with Crippen molar-refractivity contribution >= 4 is 0 Å². The maximum Gasteiger partial charge on any atom is 0.0283 e. The van der Waals surface area contributed by atoms with E-state index in [4.69, 9.17) is 0 Å². The van der Waals surface area contributed by atoms with Crippen LogP contribution in [0, 0.1) is 11.8 Å². The number of allylic oxidation sites excluding steroid dienone is 2. The molecule has 0 nitrogen and oxygen atoms in total. The maximum absolute atomic E-state index is 4.10. The smallest absolute Gasteiger partial charge is 0.0283 e. The van der Waals surface area contributed by atoms with Gasteiger partial charge in [-0.15, -0.1) is 13.2 Å². The van der Waals surface area contributed by atoms with Gasteiger partial charge in [0.2, 0.25) is 0 Å². The highest BCUT2D eigenvalue weighted by Gasteiger charge is 2.41. The van der Waals surface area contributed by atoms with Gasteiger partial charge >= 0.3 is 0 Å². The van der Waals surface area contributed by atoms with E-state index in [1.807, 2.05) is 0 Å². The fraction of sp³-hybridized carbons (Fsp3) is 0.407. The lowest BCUT2D eigenvalue weighted by molar-refractivity contribution is 0.540. The highest BCUT2D eigenvalue weighted by Crippen LogP contribution is 2.53. The van der Waals surface area contributed by atoms with Crippen LogP contribution in [0.25, 0.3) is 11.1 Å². The van der Waals surface area contributed by atoms with Gasteiger partial charge in [0.25, 0.3) is 0 Å². The van der Waals surface area contributed by atoms with Crippen LogP contribution >= 0.6 is 0 Å². The Morgan fingerprint density at radius 3 is 1.48 bits per heavy atom. The fourth-order valence-corrected chi connectivity index (χ4v) is 4.80. The van der Waals surface area contributed by atoms with Gasteiger partial charge in [0.05, 0.1) is 0 Å². The van der Waals surface area contributed by atoms with Crippen molar-refractivity contribution in [2.24, 2.45) is 11.8 Å². The van der Waals surface area contributed by atoms with Gasteiger partial charge in [0.15, 0.2) is 0 Å². The summed E-state index contributed by atoms with van der Waals surface area (Å²) in [6, 6.07) is 14.3. The largest absolute Gasteiger partial charge is 0.103 e. The van der Waals surface area contributed by atoms with Crippen molar-refractivity contribution in [1.82, 2.24) is 0 Å². The van der Waals surface area contributed by atoms with Crippen molar-refractivity contribution in [3.8, 4) is 11.1 Å². The van der Waals surface area contributed by atoms with Crippen molar-refractivity contribution in [2.45, 2.75) is 58.8 Å². The second-order valence-corrected chi connectivity index (χ2v) is 9.02. The summed E-state index contributed by atoms with van der Waals surface area (Å²) in [7, 11) is 0. The molecule has 0 spiro atoms. The van der Waals surface area contributed by atoms with E-state index in [-0.39, 0.29) is 5.41 Å². The summed E-state index contributed by atoms with van der Waals surface area (Å²) in [6.45, 7) is 17.4. The number of benzene rings is 2. The standard InChI is InChI=1S/C27H34/c1-7-13-27(14-8-2)25-17-21(15-19(3)4)9-11-23(25)24-12-10-22(16-20(5)6)18-26(24)27/h7-12,17-20H,1-2,13-16H2,3-6H3. The van der Waals surface area contributed by atoms with Crippen molar-refractivity contribution in [1.29, 1.82) is 0 Å². The topological polar surface area (TPSA) is 0 Å². The molecule has 0 N–H and O–H groups in total. The van der Waals surface area contributed by atoms with E-state index in [1.54, 1.807) is 0 Å². The molecule has 2 aromatic carbocycles. The molecule has 2 aromatic rings. The third kappa shape index (κ3) is 3.68. The fourth-order valence-electron chi connectivity index (χ4n) is 4.80. The van der Waals surface area contributed by atoms with Gasteiger partial charge < -0.3 is 0 Å². The van der Waals surface area contributed by atoms with Crippen LogP contribution in [0.5, 0.6) is 0 Å². The first-order valence-electron chi connectivity index (χ1n) is 10.4. The number of rotatable bonds is 8. The highest BCUT2D eigenvalue weighted by atomic mass is 14.4. The average Bonchev–Trinajstić information content (AvgIpc) is 2.84. The van der Waals surface area contributed by atoms with E-state index in [1.165, 1.54) is 33.4 Å². The van der Waals surface area contributed by atoms with E-state index in [0.717, 1.165) is 25.7 Å². The van der Waals surface area contributed by atoms with Gasteiger partial charge in [-0.25, -0.2) is 0 Å². The monoisotopic (exact) mass is 358 g/mol. The van der Waals surface area contributed by atoms with Crippen LogP contribution in [0.2, 0.25) is 0 Å². The van der Waals surface area contributed by atoms with E-state index < -0.39 is 0 Å². The molecule has 3 rings (SSSR count). The van der Waals surface area contributed by atoms with Gasteiger partial charge in [0, 0.05) is 5.41 Å². The van der Waals surface area contributed by atoms with Crippen LogP contribution in [-0.4, -0.2) is 0 Å². The molecular weight excluding hydrogens is 324 g/mol. The second kappa shape index (κ2) is 7.89. The van der Waals surface area contributed by atoms with Crippen LogP contribution in [0.1, 0.15) is 62.8 Å². The number of fused-ring (bicyclic) bond motifs is 3. The Balaban J connectivity index is 2.21. The first-order valence-corrected chi connectivity index (χ1v) is 10.4. The molecule has 0 unspecified atom stereocenters. The van der Waals surface area contributed by atoms with Crippen LogP contribution in [-0.2, 0) is 18.3 Å². The summed E-state index contributed by atoms with van der Waals surface area (Å²) in [4.78, 5) is 0. The van der Waals surface area contributed by atoms with E-state index in [2.05, 4.69) is 89.4 Å². The molecule has 0 fully saturated rings. The van der Waals surface area contributed by atoms with Crippen LogP contribution in [0.15, 0.2) is 61.7 Å². The van der Waals surface area contributed by atoms with Crippen LogP contribution in [0.4, 0.5) is 0 Å². The molecule has 0 radical (unpaired) electrons. The normalized spacial score (nSPS) is 14.3. The molecule has 0 saturated heterocycles. The molecule has 1 aliphatic rings.